The Kier molecular flexibility index (Phi) is 5.67. The van der Waals surface area contributed by atoms with E-state index in [1.54, 1.807) is 23.4 Å². The summed E-state index contributed by atoms with van der Waals surface area (Å²) in [6, 6.07) is 1.63. The van der Waals surface area contributed by atoms with Crippen molar-refractivity contribution in [2.45, 2.75) is 45.5 Å². The smallest absolute Gasteiger partial charge is 0.410 e. The summed E-state index contributed by atoms with van der Waals surface area (Å²) in [4.78, 5) is 26.7. The Morgan fingerprint density at radius 1 is 1.37 bits per heavy atom. The Morgan fingerprint density at radius 2 is 2.11 bits per heavy atom. The Labute approximate surface area is 162 Å². The number of nitrogens with zero attached hydrogens (tertiary/aromatic N) is 4. The summed E-state index contributed by atoms with van der Waals surface area (Å²) >= 11 is 6.06. The molecule has 1 saturated heterocycles. The van der Waals surface area contributed by atoms with Crippen LogP contribution >= 0.6 is 11.6 Å². The monoisotopic (exact) mass is 394 g/mol. The van der Waals surface area contributed by atoms with Crippen LogP contribution < -0.4 is 4.74 Å². The average Bonchev–Trinajstić information content (AvgIpc) is 2.60. The number of carbonyl (C=O) groups excluding carboxylic acids is 1. The molecule has 3 heterocycles. The van der Waals surface area contributed by atoms with Crippen molar-refractivity contribution < 1.29 is 19.0 Å². The largest absolute Gasteiger partial charge is 0.470 e. The first-order valence-electron chi connectivity index (χ1n) is 8.76. The zero-order valence-corrected chi connectivity index (χ0v) is 16.6. The van der Waals surface area contributed by atoms with Crippen LogP contribution in [0.3, 0.4) is 0 Å². The molecule has 0 spiro atoms. The van der Waals surface area contributed by atoms with Crippen LogP contribution in [0.2, 0.25) is 5.15 Å². The van der Waals surface area contributed by atoms with Gasteiger partial charge in [-0.3, -0.25) is 4.98 Å². The molecule has 0 radical (unpaired) electrons. The van der Waals surface area contributed by atoms with Crippen molar-refractivity contribution in [1.29, 1.82) is 0 Å². The normalized spacial score (nSPS) is 19.0. The topological polar surface area (TPSA) is 86.7 Å². The van der Waals surface area contributed by atoms with Crippen molar-refractivity contribution >= 4 is 28.7 Å². The summed E-state index contributed by atoms with van der Waals surface area (Å²) in [5, 5.41) is 0.269. The second kappa shape index (κ2) is 7.82. The Balaban J connectivity index is 1.71. The van der Waals surface area contributed by atoms with Crippen LogP contribution in [0.25, 0.3) is 11.0 Å². The molecule has 0 aromatic carbocycles. The lowest BCUT2D eigenvalue weighted by molar-refractivity contribution is -0.0782. The summed E-state index contributed by atoms with van der Waals surface area (Å²) in [5.74, 6) is 0.288. The Bertz CT molecular complexity index is 827. The summed E-state index contributed by atoms with van der Waals surface area (Å²) in [5.41, 5.74) is 0.572. The van der Waals surface area contributed by atoms with Crippen molar-refractivity contribution in [3.63, 3.8) is 0 Å². The van der Waals surface area contributed by atoms with E-state index in [0.29, 0.717) is 30.7 Å². The van der Waals surface area contributed by atoms with Gasteiger partial charge in [0.05, 0.1) is 18.7 Å². The third kappa shape index (κ3) is 4.95. The number of carbonyl (C=O) groups is 1. The summed E-state index contributed by atoms with van der Waals surface area (Å²) in [7, 11) is 0. The van der Waals surface area contributed by atoms with Gasteiger partial charge < -0.3 is 19.1 Å². The molecule has 1 fully saturated rings. The highest BCUT2D eigenvalue weighted by Gasteiger charge is 2.32. The molecule has 2 aromatic rings. The summed E-state index contributed by atoms with van der Waals surface area (Å²) in [6.45, 7) is 8.61. The standard InChI is InChI=1S/C18H23ClN4O4/c1-11(13-10-23(7-8-25-13)17(24)27-18(2,3)4)26-16-15-12(9-14(19)22-16)20-5-6-21-15/h5-6,9,11,13H,7-8,10H2,1-4H3/t11-,13+/m0/s1. The van der Waals surface area contributed by atoms with Gasteiger partial charge in [0, 0.05) is 25.0 Å². The molecule has 3 rings (SSSR count). The van der Waals surface area contributed by atoms with Crippen LogP contribution in [-0.4, -0.2) is 63.5 Å². The lowest BCUT2D eigenvalue weighted by atomic mass is 10.2. The van der Waals surface area contributed by atoms with Crippen molar-refractivity contribution in [3.8, 4) is 5.88 Å². The van der Waals surface area contributed by atoms with Gasteiger partial charge in [-0.1, -0.05) is 11.6 Å². The van der Waals surface area contributed by atoms with E-state index in [1.165, 1.54) is 0 Å². The SMILES string of the molecule is C[C@H](Oc1nc(Cl)cc2nccnc12)[C@H]1CN(C(=O)OC(C)(C)C)CCO1. The number of amides is 1. The molecule has 27 heavy (non-hydrogen) atoms. The van der Waals surface area contributed by atoms with E-state index in [-0.39, 0.29) is 29.3 Å². The molecule has 0 saturated carbocycles. The predicted molar refractivity (Wildman–Crippen MR) is 100.0 cm³/mol. The lowest BCUT2D eigenvalue weighted by Gasteiger charge is -2.36. The molecule has 1 aliphatic heterocycles. The van der Waals surface area contributed by atoms with Gasteiger partial charge >= 0.3 is 6.09 Å². The van der Waals surface area contributed by atoms with E-state index >= 15 is 0 Å². The van der Waals surface area contributed by atoms with Gasteiger partial charge in [0.25, 0.3) is 0 Å². The van der Waals surface area contributed by atoms with Crippen LogP contribution in [0, 0.1) is 0 Å². The second-order valence-corrected chi connectivity index (χ2v) is 7.72. The third-order valence-corrected chi connectivity index (χ3v) is 4.15. The maximum atomic E-state index is 12.3. The first-order chi connectivity index (χ1) is 12.7. The molecule has 1 aliphatic rings. The van der Waals surface area contributed by atoms with Gasteiger partial charge in [-0.05, 0) is 27.7 Å². The minimum absolute atomic E-state index is 0.269. The molecule has 0 unspecified atom stereocenters. The minimum Gasteiger partial charge on any atom is -0.470 e. The maximum Gasteiger partial charge on any atom is 0.410 e. The lowest BCUT2D eigenvalue weighted by Crippen LogP contribution is -2.51. The summed E-state index contributed by atoms with van der Waals surface area (Å²) < 4.78 is 17.2. The van der Waals surface area contributed by atoms with Crippen molar-refractivity contribution in [1.82, 2.24) is 19.9 Å². The summed E-state index contributed by atoms with van der Waals surface area (Å²) in [6.07, 6.45) is 2.07. The second-order valence-electron chi connectivity index (χ2n) is 7.33. The molecular formula is C18H23ClN4O4. The van der Waals surface area contributed by atoms with Crippen molar-refractivity contribution in [3.05, 3.63) is 23.6 Å². The highest BCUT2D eigenvalue weighted by atomic mass is 35.5. The van der Waals surface area contributed by atoms with Gasteiger partial charge in [0.15, 0.2) is 5.52 Å². The fraction of sp³-hybridized carbons (Fsp3) is 0.556. The highest BCUT2D eigenvalue weighted by Crippen LogP contribution is 2.25. The molecule has 8 nitrogen and oxygen atoms in total. The number of hydrogen-bond acceptors (Lipinski definition) is 7. The van der Waals surface area contributed by atoms with Crippen LogP contribution in [0.5, 0.6) is 5.88 Å². The molecule has 0 N–H and O–H groups in total. The van der Waals surface area contributed by atoms with Crippen molar-refractivity contribution in [2.75, 3.05) is 19.7 Å². The number of fused-ring (bicyclic) bond motifs is 1. The quantitative estimate of drug-likeness (QED) is 0.739. The minimum atomic E-state index is -0.546. The highest BCUT2D eigenvalue weighted by molar-refractivity contribution is 6.30. The van der Waals surface area contributed by atoms with Crippen LogP contribution in [0.1, 0.15) is 27.7 Å². The van der Waals surface area contributed by atoms with Gasteiger partial charge in [0.2, 0.25) is 5.88 Å². The first kappa shape index (κ1) is 19.6. The van der Waals surface area contributed by atoms with E-state index in [9.17, 15) is 4.79 Å². The van der Waals surface area contributed by atoms with Crippen LogP contribution in [0.15, 0.2) is 18.5 Å². The average molecular weight is 395 g/mol. The zero-order chi connectivity index (χ0) is 19.6. The van der Waals surface area contributed by atoms with Crippen LogP contribution in [-0.2, 0) is 9.47 Å². The molecule has 146 valence electrons. The van der Waals surface area contributed by atoms with Gasteiger partial charge in [0.1, 0.15) is 23.0 Å². The van der Waals surface area contributed by atoms with E-state index in [2.05, 4.69) is 15.0 Å². The fourth-order valence-electron chi connectivity index (χ4n) is 2.70. The van der Waals surface area contributed by atoms with E-state index < -0.39 is 5.60 Å². The number of ether oxygens (including phenoxy) is 3. The van der Waals surface area contributed by atoms with E-state index in [1.807, 2.05) is 27.7 Å². The molecule has 1 amide bonds. The van der Waals surface area contributed by atoms with E-state index in [4.69, 9.17) is 25.8 Å². The fourth-order valence-corrected chi connectivity index (χ4v) is 2.88. The molecule has 0 bridgehead atoms. The number of rotatable bonds is 3. The number of pyridine rings is 1. The Hall–Kier alpha value is -2.19. The maximum absolute atomic E-state index is 12.3. The van der Waals surface area contributed by atoms with Gasteiger partial charge in [-0.15, -0.1) is 0 Å². The van der Waals surface area contributed by atoms with Gasteiger partial charge in [-0.25, -0.2) is 9.78 Å². The number of halogens is 1. The van der Waals surface area contributed by atoms with Crippen LogP contribution in [0.4, 0.5) is 4.79 Å². The molecule has 2 atom stereocenters. The number of morpholine rings is 1. The van der Waals surface area contributed by atoms with E-state index in [0.717, 1.165) is 0 Å². The van der Waals surface area contributed by atoms with Gasteiger partial charge in [-0.2, -0.15) is 4.98 Å². The number of aromatic nitrogens is 3. The molecule has 0 aliphatic carbocycles. The molecule has 2 aromatic heterocycles. The predicted octanol–water partition coefficient (Wildman–Crippen LogP) is 3.08. The molecule has 9 heteroatoms. The zero-order valence-electron chi connectivity index (χ0n) is 15.8. The number of hydrogen-bond donors (Lipinski definition) is 0. The first-order valence-corrected chi connectivity index (χ1v) is 9.14. The van der Waals surface area contributed by atoms with Crippen molar-refractivity contribution in [2.24, 2.45) is 0 Å². The molecular weight excluding hydrogens is 372 g/mol. The third-order valence-electron chi connectivity index (χ3n) is 3.96. The Morgan fingerprint density at radius 3 is 2.85 bits per heavy atom.